The minimum atomic E-state index is -0.314. The van der Waals surface area contributed by atoms with Crippen molar-refractivity contribution in [3.8, 4) is 68.3 Å². The van der Waals surface area contributed by atoms with Crippen LogP contribution in [-0.4, -0.2) is 42.7 Å². The first kappa shape index (κ1) is 30.1. The van der Waals surface area contributed by atoms with E-state index >= 15 is 0 Å². The number of methoxy groups -OCH3 is 6. The summed E-state index contributed by atoms with van der Waals surface area (Å²) in [4.78, 5) is 26.9. The lowest BCUT2D eigenvalue weighted by molar-refractivity contribution is 0.396. The highest BCUT2D eigenvalue weighted by molar-refractivity contribution is 5.98. The molecule has 0 saturated carbocycles. The fourth-order valence-corrected chi connectivity index (χ4v) is 5.49. The monoisotopic (exact) mass is 622 g/mol. The quantitative estimate of drug-likeness (QED) is 0.168. The van der Waals surface area contributed by atoms with Crippen molar-refractivity contribution < 1.29 is 37.3 Å². The van der Waals surface area contributed by atoms with Crippen LogP contribution in [0, 0.1) is 0 Å². The largest absolute Gasteiger partial charge is 0.497 e. The van der Waals surface area contributed by atoms with Crippen LogP contribution < -0.4 is 39.3 Å². The van der Waals surface area contributed by atoms with Crippen LogP contribution in [0.25, 0.3) is 55.7 Å². The molecule has 2 heterocycles. The third kappa shape index (κ3) is 5.13. The first-order chi connectivity index (χ1) is 22.3. The van der Waals surface area contributed by atoms with Crippen LogP contribution in [0.4, 0.5) is 0 Å². The Morgan fingerprint density at radius 3 is 1.67 bits per heavy atom. The lowest BCUT2D eigenvalue weighted by Crippen LogP contribution is -2.06. The minimum absolute atomic E-state index is 0.222. The van der Waals surface area contributed by atoms with Gasteiger partial charge in [-0.1, -0.05) is 0 Å². The van der Waals surface area contributed by atoms with Gasteiger partial charge in [0.05, 0.1) is 48.2 Å². The number of ether oxygens (including phenoxy) is 6. The van der Waals surface area contributed by atoms with Gasteiger partial charge in [0.1, 0.15) is 68.0 Å². The molecule has 6 rings (SSSR count). The highest BCUT2D eigenvalue weighted by Gasteiger charge is 2.25. The maximum atomic E-state index is 13.7. The van der Waals surface area contributed by atoms with Crippen LogP contribution in [0.2, 0.25) is 0 Å². The summed E-state index contributed by atoms with van der Waals surface area (Å²) in [5, 5.41) is 0.513. The Morgan fingerprint density at radius 1 is 0.478 bits per heavy atom. The second kappa shape index (κ2) is 12.2. The van der Waals surface area contributed by atoms with Gasteiger partial charge in [-0.3, -0.25) is 9.59 Å². The molecule has 0 spiro atoms. The molecule has 0 unspecified atom stereocenters. The fraction of sp³-hybridized carbons (Fsp3) is 0.167. The Hall–Kier alpha value is -5.90. The lowest BCUT2D eigenvalue weighted by atomic mass is 9.96. The van der Waals surface area contributed by atoms with Crippen LogP contribution in [0.3, 0.4) is 0 Å². The van der Waals surface area contributed by atoms with Crippen LogP contribution in [-0.2, 0) is 0 Å². The average molecular weight is 623 g/mol. The van der Waals surface area contributed by atoms with Crippen molar-refractivity contribution in [3.05, 3.63) is 93.2 Å². The summed E-state index contributed by atoms with van der Waals surface area (Å²) in [7, 11) is 9.08. The molecule has 0 radical (unpaired) electrons. The Bertz CT molecular complexity index is 2210. The number of rotatable bonds is 9. The Kier molecular flexibility index (Phi) is 8.02. The van der Waals surface area contributed by atoms with E-state index in [0.29, 0.717) is 73.5 Å². The van der Waals surface area contributed by atoms with Gasteiger partial charge in [-0.25, -0.2) is 0 Å². The smallest absolute Gasteiger partial charge is 0.197 e. The molecule has 2 aromatic heterocycles. The zero-order valence-electron chi connectivity index (χ0n) is 26.0. The van der Waals surface area contributed by atoms with E-state index in [0.717, 1.165) is 0 Å². The van der Waals surface area contributed by atoms with Gasteiger partial charge < -0.3 is 37.3 Å². The first-order valence-corrected chi connectivity index (χ1v) is 14.1. The molecule has 4 aromatic carbocycles. The summed E-state index contributed by atoms with van der Waals surface area (Å²) >= 11 is 0. The topological polar surface area (TPSA) is 116 Å². The second-order valence-electron chi connectivity index (χ2n) is 10.2. The molecule has 0 amide bonds. The third-order valence-electron chi connectivity index (χ3n) is 7.71. The molecule has 0 aliphatic rings. The first-order valence-electron chi connectivity index (χ1n) is 14.1. The molecule has 234 valence electrons. The van der Waals surface area contributed by atoms with E-state index in [-0.39, 0.29) is 27.6 Å². The molecule has 0 atom stereocenters. The molecule has 0 fully saturated rings. The van der Waals surface area contributed by atoms with Crippen LogP contribution in [0.1, 0.15) is 0 Å². The Balaban J connectivity index is 1.57. The van der Waals surface area contributed by atoms with Crippen molar-refractivity contribution in [2.45, 2.75) is 0 Å². The number of fused-ring (bicyclic) bond motifs is 2. The molecule has 46 heavy (non-hydrogen) atoms. The van der Waals surface area contributed by atoms with E-state index in [2.05, 4.69) is 0 Å². The predicted octanol–water partition coefficient (Wildman–Crippen LogP) is 6.95. The lowest BCUT2D eigenvalue weighted by Gasteiger charge is -2.18. The molecular formula is C36H30O10. The SMILES string of the molecule is COc1ccc(-c2cc(=O)c3c(OC)c(-c4cc(-c5cc(=O)c6c(OC)cc(OC)cc6o5)ccc4OC)c(OC)cc3o2)cc1. The van der Waals surface area contributed by atoms with Gasteiger partial charge >= 0.3 is 0 Å². The molecule has 0 bridgehead atoms. The van der Waals surface area contributed by atoms with Gasteiger partial charge in [0.2, 0.25) is 0 Å². The van der Waals surface area contributed by atoms with Gasteiger partial charge in [-0.15, -0.1) is 0 Å². The highest BCUT2D eigenvalue weighted by Crippen LogP contribution is 2.48. The van der Waals surface area contributed by atoms with Crippen molar-refractivity contribution in [2.75, 3.05) is 42.7 Å². The van der Waals surface area contributed by atoms with Crippen molar-refractivity contribution in [3.63, 3.8) is 0 Å². The van der Waals surface area contributed by atoms with E-state index in [1.165, 1.54) is 47.7 Å². The molecule has 0 aliphatic carbocycles. The predicted molar refractivity (Wildman–Crippen MR) is 174 cm³/mol. The van der Waals surface area contributed by atoms with E-state index in [1.807, 2.05) is 0 Å². The zero-order chi connectivity index (χ0) is 32.5. The summed E-state index contributed by atoms with van der Waals surface area (Å²) in [6, 6.07) is 20.2. The normalized spacial score (nSPS) is 11.0. The van der Waals surface area contributed by atoms with Crippen molar-refractivity contribution in [1.29, 1.82) is 0 Å². The molecule has 10 heteroatoms. The van der Waals surface area contributed by atoms with Crippen LogP contribution >= 0.6 is 0 Å². The van der Waals surface area contributed by atoms with Crippen LogP contribution in [0.15, 0.2) is 91.2 Å². The van der Waals surface area contributed by atoms with Gasteiger partial charge in [0.25, 0.3) is 0 Å². The Morgan fingerprint density at radius 2 is 1.07 bits per heavy atom. The van der Waals surface area contributed by atoms with Gasteiger partial charge in [0.15, 0.2) is 10.9 Å². The Labute approximate surface area is 263 Å². The van der Waals surface area contributed by atoms with Gasteiger partial charge in [0, 0.05) is 47.0 Å². The summed E-state index contributed by atoms with van der Waals surface area (Å²) in [5.74, 6) is 3.21. The molecule has 0 N–H and O–H groups in total. The van der Waals surface area contributed by atoms with E-state index in [4.69, 9.17) is 37.3 Å². The molecule has 0 aliphatic heterocycles. The molecule has 6 aromatic rings. The van der Waals surface area contributed by atoms with E-state index in [9.17, 15) is 9.59 Å². The van der Waals surface area contributed by atoms with Crippen molar-refractivity contribution >= 4 is 21.9 Å². The zero-order valence-corrected chi connectivity index (χ0v) is 26.0. The van der Waals surface area contributed by atoms with Gasteiger partial charge in [-0.2, -0.15) is 0 Å². The fourth-order valence-electron chi connectivity index (χ4n) is 5.49. The maximum absolute atomic E-state index is 13.7. The maximum Gasteiger partial charge on any atom is 0.197 e. The summed E-state index contributed by atoms with van der Waals surface area (Å²) in [5.41, 5.74) is 2.19. The summed E-state index contributed by atoms with van der Waals surface area (Å²) in [6.07, 6.45) is 0. The second-order valence-corrected chi connectivity index (χ2v) is 10.2. The van der Waals surface area contributed by atoms with E-state index < -0.39 is 0 Å². The molecule has 0 saturated heterocycles. The van der Waals surface area contributed by atoms with Crippen LogP contribution in [0.5, 0.6) is 34.5 Å². The minimum Gasteiger partial charge on any atom is -0.497 e. The number of hydrogen-bond acceptors (Lipinski definition) is 10. The van der Waals surface area contributed by atoms with Crippen molar-refractivity contribution in [1.82, 2.24) is 0 Å². The standard InChI is InChI=1S/C36H30O10/c1-39-21-10-7-19(8-11-21)27-17-25(38)35-32(45-27)18-30(43-5)33(36(35)44-6)23-13-20(9-12-26(23)41-3)28-16-24(37)34-29(42-4)14-22(40-2)15-31(34)46-28/h7-18H,1-6H3. The average Bonchev–Trinajstić information content (AvgIpc) is 3.09. The molecular weight excluding hydrogens is 592 g/mol. The highest BCUT2D eigenvalue weighted by atomic mass is 16.5. The summed E-state index contributed by atoms with van der Waals surface area (Å²) < 4.78 is 45.9. The molecule has 10 nitrogen and oxygen atoms in total. The van der Waals surface area contributed by atoms with Crippen molar-refractivity contribution in [2.24, 2.45) is 0 Å². The van der Waals surface area contributed by atoms with E-state index in [1.54, 1.807) is 67.8 Å². The van der Waals surface area contributed by atoms with Gasteiger partial charge in [-0.05, 0) is 42.5 Å². The number of hydrogen-bond donors (Lipinski definition) is 0. The third-order valence-corrected chi connectivity index (χ3v) is 7.71. The number of benzene rings is 4. The summed E-state index contributed by atoms with van der Waals surface area (Å²) in [6.45, 7) is 0.